The molecule has 1 fully saturated rings. The number of likely N-dealkylation sites (tertiary alicyclic amines) is 1. The van der Waals surface area contributed by atoms with Crippen molar-refractivity contribution in [2.45, 2.75) is 31.4 Å². The van der Waals surface area contributed by atoms with Crippen molar-refractivity contribution in [1.82, 2.24) is 4.90 Å². The number of nitrogens with zero attached hydrogens (tertiary/aromatic N) is 1. The van der Waals surface area contributed by atoms with Crippen molar-refractivity contribution >= 4 is 17.7 Å². The molecule has 3 heteroatoms. The number of carbonyl (C=O) groups is 1. The second-order valence-corrected chi connectivity index (χ2v) is 5.14. The van der Waals surface area contributed by atoms with Crippen LogP contribution in [0, 0.1) is 0 Å². The Kier molecular flexibility index (Phi) is 5.09. The molecule has 0 radical (unpaired) electrons. The Morgan fingerprint density at radius 3 is 3.07 bits per heavy atom. The molecule has 0 spiro atoms. The Labute approximate surface area is 90.7 Å². The Balaban J connectivity index is 2.50. The van der Waals surface area contributed by atoms with E-state index in [1.54, 1.807) is 0 Å². The summed E-state index contributed by atoms with van der Waals surface area (Å²) in [7, 11) is 0. The van der Waals surface area contributed by atoms with Gasteiger partial charge in [0.1, 0.15) is 0 Å². The monoisotopic (exact) mass is 213 g/mol. The van der Waals surface area contributed by atoms with Crippen molar-refractivity contribution in [3.05, 3.63) is 12.7 Å². The van der Waals surface area contributed by atoms with E-state index in [2.05, 4.69) is 13.5 Å². The van der Waals surface area contributed by atoms with Gasteiger partial charge in [0, 0.05) is 18.3 Å². The number of hydrogen-bond acceptors (Lipinski definition) is 2. The van der Waals surface area contributed by atoms with Crippen LogP contribution in [0.3, 0.4) is 0 Å². The van der Waals surface area contributed by atoms with Gasteiger partial charge in [-0.25, -0.2) is 0 Å². The third-order valence-electron chi connectivity index (χ3n) is 2.52. The van der Waals surface area contributed by atoms with Crippen molar-refractivity contribution in [2.24, 2.45) is 0 Å². The van der Waals surface area contributed by atoms with Crippen LogP contribution in [-0.2, 0) is 4.79 Å². The highest BCUT2D eigenvalue weighted by molar-refractivity contribution is 7.99. The summed E-state index contributed by atoms with van der Waals surface area (Å²) in [6.45, 7) is 7.53. The first kappa shape index (κ1) is 11.6. The fourth-order valence-electron chi connectivity index (χ4n) is 1.80. The minimum Gasteiger partial charge on any atom is -0.338 e. The smallest absolute Gasteiger partial charge is 0.245 e. The fraction of sp³-hybridized carbons (Fsp3) is 0.727. The van der Waals surface area contributed by atoms with Gasteiger partial charge in [0.05, 0.1) is 0 Å². The van der Waals surface area contributed by atoms with Crippen molar-refractivity contribution in [3.8, 4) is 0 Å². The molecular weight excluding hydrogens is 194 g/mol. The van der Waals surface area contributed by atoms with Gasteiger partial charge in [-0.15, -0.1) is 0 Å². The molecule has 1 rings (SSSR count). The SMILES string of the molecule is C=CC(=O)N1CCCCC(SCC)C1. The van der Waals surface area contributed by atoms with Crippen molar-refractivity contribution in [1.29, 1.82) is 0 Å². The number of thioether (sulfide) groups is 1. The highest BCUT2D eigenvalue weighted by atomic mass is 32.2. The summed E-state index contributed by atoms with van der Waals surface area (Å²) in [5, 5.41) is 0.631. The molecule has 1 atom stereocenters. The van der Waals surface area contributed by atoms with E-state index in [-0.39, 0.29) is 5.91 Å². The third-order valence-corrected chi connectivity index (χ3v) is 3.71. The number of rotatable bonds is 3. The molecule has 0 aromatic carbocycles. The van der Waals surface area contributed by atoms with Crippen LogP contribution >= 0.6 is 11.8 Å². The standard InChI is InChI=1S/C11H19NOS/c1-3-11(13)12-8-6-5-7-10(9-12)14-4-2/h3,10H,1,4-9H2,2H3. The Hall–Kier alpha value is -0.440. The molecule has 80 valence electrons. The molecule has 1 saturated heterocycles. The van der Waals surface area contributed by atoms with Gasteiger partial charge in [-0.2, -0.15) is 11.8 Å². The lowest BCUT2D eigenvalue weighted by molar-refractivity contribution is -0.125. The molecule has 2 nitrogen and oxygen atoms in total. The van der Waals surface area contributed by atoms with Crippen LogP contribution in [0.5, 0.6) is 0 Å². The van der Waals surface area contributed by atoms with E-state index in [4.69, 9.17) is 0 Å². The van der Waals surface area contributed by atoms with Crippen LogP contribution < -0.4 is 0 Å². The predicted molar refractivity (Wildman–Crippen MR) is 62.5 cm³/mol. The van der Waals surface area contributed by atoms with E-state index in [1.807, 2.05) is 16.7 Å². The summed E-state index contributed by atoms with van der Waals surface area (Å²) >= 11 is 1.97. The number of carbonyl (C=O) groups excluding carboxylic acids is 1. The zero-order chi connectivity index (χ0) is 10.4. The van der Waals surface area contributed by atoms with E-state index < -0.39 is 0 Å². The molecule has 1 amide bonds. The topological polar surface area (TPSA) is 20.3 Å². The molecule has 0 bridgehead atoms. The lowest BCUT2D eigenvalue weighted by Crippen LogP contribution is -2.34. The summed E-state index contributed by atoms with van der Waals surface area (Å²) in [5.74, 6) is 1.23. The summed E-state index contributed by atoms with van der Waals surface area (Å²) in [5.41, 5.74) is 0. The molecule has 1 unspecified atom stereocenters. The van der Waals surface area contributed by atoms with E-state index >= 15 is 0 Å². The average molecular weight is 213 g/mol. The van der Waals surface area contributed by atoms with Gasteiger partial charge in [-0.1, -0.05) is 19.9 Å². The molecule has 0 N–H and O–H groups in total. The molecule has 1 aliphatic rings. The van der Waals surface area contributed by atoms with Gasteiger partial charge in [0.2, 0.25) is 5.91 Å². The van der Waals surface area contributed by atoms with Gasteiger partial charge >= 0.3 is 0 Å². The number of amides is 1. The van der Waals surface area contributed by atoms with E-state index in [9.17, 15) is 4.79 Å². The van der Waals surface area contributed by atoms with E-state index in [1.165, 1.54) is 18.9 Å². The maximum absolute atomic E-state index is 11.5. The Bertz CT molecular complexity index is 205. The van der Waals surface area contributed by atoms with Crippen LogP contribution in [-0.4, -0.2) is 34.9 Å². The van der Waals surface area contributed by atoms with E-state index in [0.717, 1.165) is 25.3 Å². The predicted octanol–water partition coefficient (Wildman–Crippen LogP) is 2.31. The van der Waals surface area contributed by atoms with Crippen LogP contribution in [0.1, 0.15) is 26.2 Å². The molecule has 1 aliphatic heterocycles. The van der Waals surface area contributed by atoms with Gasteiger partial charge in [-0.3, -0.25) is 4.79 Å². The van der Waals surface area contributed by atoms with Crippen LogP contribution in [0.15, 0.2) is 12.7 Å². The molecular formula is C11H19NOS. The van der Waals surface area contributed by atoms with Gasteiger partial charge in [-0.05, 0) is 24.7 Å². The Morgan fingerprint density at radius 1 is 1.64 bits per heavy atom. The maximum atomic E-state index is 11.5. The molecule has 0 aromatic rings. The molecule has 0 aromatic heterocycles. The highest BCUT2D eigenvalue weighted by Crippen LogP contribution is 2.21. The first-order valence-electron chi connectivity index (χ1n) is 5.31. The molecule has 0 aliphatic carbocycles. The fourth-order valence-corrected chi connectivity index (χ4v) is 2.89. The molecule has 0 saturated carbocycles. The maximum Gasteiger partial charge on any atom is 0.245 e. The van der Waals surface area contributed by atoms with Crippen LogP contribution in [0.4, 0.5) is 0 Å². The minimum atomic E-state index is 0.0913. The molecule has 14 heavy (non-hydrogen) atoms. The zero-order valence-corrected chi connectivity index (χ0v) is 9.68. The quantitative estimate of drug-likeness (QED) is 0.671. The lowest BCUT2D eigenvalue weighted by atomic mass is 10.2. The largest absolute Gasteiger partial charge is 0.338 e. The summed E-state index contributed by atoms with van der Waals surface area (Å²) < 4.78 is 0. The second kappa shape index (κ2) is 6.12. The lowest BCUT2D eigenvalue weighted by Gasteiger charge is -2.22. The minimum absolute atomic E-state index is 0.0913. The van der Waals surface area contributed by atoms with Crippen LogP contribution in [0.2, 0.25) is 0 Å². The Morgan fingerprint density at radius 2 is 2.43 bits per heavy atom. The normalized spacial score (nSPS) is 22.9. The molecule has 1 heterocycles. The van der Waals surface area contributed by atoms with Gasteiger partial charge < -0.3 is 4.90 Å². The van der Waals surface area contributed by atoms with Crippen LogP contribution in [0.25, 0.3) is 0 Å². The van der Waals surface area contributed by atoms with Gasteiger partial charge in [0.25, 0.3) is 0 Å². The van der Waals surface area contributed by atoms with E-state index in [0.29, 0.717) is 5.25 Å². The second-order valence-electron chi connectivity index (χ2n) is 3.56. The third kappa shape index (κ3) is 3.37. The van der Waals surface area contributed by atoms with Crippen molar-refractivity contribution in [2.75, 3.05) is 18.8 Å². The summed E-state index contributed by atoms with van der Waals surface area (Å²) in [4.78, 5) is 13.4. The first-order valence-corrected chi connectivity index (χ1v) is 6.35. The van der Waals surface area contributed by atoms with Crippen molar-refractivity contribution in [3.63, 3.8) is 0 Å². The zero-order valence-electron chi connectivity index (χ0n) is 8.87. The first-order chi connectivity index (χ1) is 6.77. The van der Waals surface area contributed by atoms with Gasteiger partial charge in [0.15, 0.2) is 0 Å². The summed E-state index contributed by atoms with van der Waals surface area (Å²) in [6, 6.07) is 0. The average Bonchev–Trinajstić information content (AvgIpc) is 2.43. The number of hydrogen-bond donors (Lipinski definition) is 0. The van der Waals surface area contributed by atoms with Crippen molar-refractivity contribution < 1.29 is 4.79 Å². The highest BCUT2D eigenvalue weighted by Gasteiger charge is 2.19. The summed E-state index contributed by atoms with van der Waals surface area (Å²) in [6.07, 6.45) is 5.07.